The van der Waals surface area contributed by atoms with Crippen LogP contribution in [-0.4, -0.2) is 56.0 Å². The maximum Gasteiger partial charge on any atom is 0.253 e. The fourth-order valence-corrected chi connectivity index (χ4v) is 3.88. The van der Waals surface area contributed by atoms with Crippen LogP contribution in [0.3, 0.4) is 0 Å². The second-order valence-corrected chi connectivity index (χ2v) is 8.01. The van der Waals surface area contributed by atoms with E-state index in [1.807, 2.05) is 24.1 Å². The Kier molecular flexibility index (Phi) is 7.35. The van der Waals surface area contributed by atoms with Crippen molar-refractivity contribution < 1.29 is 9.53 Å². The molecule has 2 aromatic carbocycles. The molecule has 0 aromatic heterocycles. The molecule has 1 amide bonds. The number of rotatable bonds is 7. The molecule has 0 aliphatic carbocycles. The summed E-state index contributed by atoms with van der Waals surface area (Å²) in [7, 11) is 3.59. The highest BCUT2D eigenvalue weighted by molar-refractivity contribution is 6.30. The molecule has 0 radical (unpaired) electrons. The van der Waals surface area contributed by atoms with Gasteiger partial charge in [-0.1, -0.05) is 23.7 Å². The summed E-state index contributed by atoms with van der Waals surface area (Å²) in [5.74, 6) is 1.54. The predicted octanol–water partition coefficient (Wildman–Crippen LogP) is 4.38. The molecule has 0 saturated carbocycles. The van der Waals surface area contributed by atoms with Crippen molar-refractivity contribution in [2.75, 3.05) is 40.3 Å². The molecule has 150 valence electrons. The Morgan fingerprint density at radius 1 is 1.11 bits per heavy atom. The highest BCUT2D eigenvalue weighted by atomic mass is 35.5. The van der Waals surface area contributed by atoms with Gasteiger partial charge in [-0.25, -0.2) is 0 Å². The van der Waals surface area contributed by atoms with E-state index < -0.39 is 0 Å². The number of likely N-dealkylation sites (tertiary alicyclic amines) is 1. The molecule has 0 spiro atoms. The monoisotopic (exact) mass is 400 g/mol. The largest absolute Gasteiger partial charge is 0.497 e. The van der Waals surface area contributed by atoms with Crippen LogP contribution in [0.5, 0.6) is 5.75 Å². The number of carbonyl (C=O) groups excluding carboxylic acids is 1. The Bertz CT molecular complexity index is 753. The Morgan fingerprint density at radius 2 is 1.75 bits per heavy atom. The lowest BCUT2D eigenvalue weighted by Gasteiger charge is -2.34. The molecule has 4 nitrogen and oxygen atoms in total. The van der Waals surface area contributed by atoms with Gasteiger partial charge in [0, 0.05) is 30.7 Å². The van der Waals surface area contributed by atoms with Gasteiger partial charge in [-0.05, 0) is 80.2 Å². The number of benzene rings is 2. The summed E-state index contributed by atoms with van der Waals surface area (Å²) in [6, 6.07) is 15.5. The van der Waals surface area contributed by atoms with E-state index in [4.69, 9.17) is 16.3 Å². The number of hydrogen-bond acceptors (Lipinski definition) is 3. The van der Waals surface area contributed by atoms with E-state index in [2.05, 4.69) is 17.0 Å². The van der Waals surface area contributed by atoms with Crippen molar-refractivity contribution in [3.63, 3.8) is 0 Å². The van der Waals surface area contributed by atoms with Gasteiger partial charge in [0.15, 0.2) is 0 Å². The number of halogens is 1. The van der Waals surface area contributed by atoms with Crippen molar-refractivity contribution in [3.05, 3.63) is 64.7 Å². The Morgan fingerprint density at radius 3 is 2.36 bits per heavy atom. The smallest absolute Gasteiger partial charge is 0.253 e. The Hall–Kier alpha value is -2.04. The van der Waals surface area contributed by atoms with E-state index in [-0.39, 0.29) is 5.91 Å². The molecule has 5 heteroatoms. The van der Waals surface area contributed by atoms with Crippen LogP contribution in [0.1, 0.15) is 28.8 Å². The molecule has 2 aromatic rings. The number of amides is 1. The lowest BCUT2D eigenvalue weighted by Crippen LogP contribution is -2.40. The molecule has 0 bridgehead atoms. The zero-order valence-electron chi connectivity index (χ0n) is 16.7. The van der Waals surface area contributed by atoms with Crippen LogP contribution in [0.15, 0.2) is 48.5 Å². The van der Waals surface area contributed by atoms with Crippen LogP contribution in [0.2, 0.25) is 5.02 Å². The van der Waals surface area contributed by atoms with Gasteiger partial charge in [-0.3, -0.25) is 4.79 Å². The summed E-state index contributed by atoms with van der Waals surface area (Å²) < 4.78 is 5.21. The highest BCUT2D eigenvalue weighted by Gasteiger charge is 2.22. The van der Waals surface area contributed by atoms with Gasteiger partial charge in [-0.15, -0.1) is 0 Å². The van der Waals surface area contributed by atoms with Crippen LogP contribution < -0.4 is 4.74 Å². The zero-order valence-corrected chi connectivity index (χ0v) is 17.5. The second-order valence-electron chi connectivity index (χ2n) is 7.58. The molecule has 1 aliphatic rings. The number of nitrogens with zero attached hydrogens (tertiary/aromatic N) is 2. The first-order valence-corrected chi connectivity index (χ1v) is 10.3. The molecule has 0 N–H and O–H groups in total. The normalized spacial score (nSPS) is 15.4. The van der Waals surface area contributed by atoms with Crippen LogP contribution in [0, 0.1) is 5.92 Å². The maximum atomic E-state index is 12.6. The Balaban J connectivity index is 1.40. The molecule has 1 heterocycles. The number of methoxy groups -OCH3 is 1. The number of ether oxygens (including phenoxy) is 1. The Labute approximate surface area is 173 Å². The molecular weight excluding hydrogens is 372 g/mol. The second kappa shape index (κ2) is 9.94. The zero-order chi connectivity index (χ0) is 19.9. The predicted molar refractivity (Wildman–Crippen MR) is 114 cm³/mol. The van der Waals surface area contributed by atoms with E-state index in [1.54, 1.807) is 31.4 Å². The van der Waals surface area contributed by atoms with E-state index in [0.29, 0.717) is 16.5 Å². The van der Waals surface area contributed by atoms with Crippen molar-refractivity contribution >= 4 is 17.5 Å². The topological polar surface area (TPSA) is 32.8 Å². The third kappa shape index (κ3) is 5.73. The van der Waals surface area contributed by atoms with E-state index in [9.17, 15) is 4.79 Å². The molecule has 1 fully saturated rings. The van der Waals surface area contributed by atoms with Crippen molar-refractivity contribution in [2.24, 2.45) is 5.92 Å². The van der Waals surface area contributed by atoms with Gasteiger partial charge in [0.25, 0.3) is 5.91 Å². The summed E-state index contributed by atoms with van der Waals surface area (Å²) in [5, 5.41) is 0.654. The third-order valence-electron chi connectivity index (χ3n) is 5.55. The quantitative estimate of drug-likeness (QED) is 0.691. The van der Waals surface area contributed by atoms with E-state index in [1.165, 1.54) is 5.56 Å². The van der Waals surface area contributed by atoms with Crippen LogP contribution >= 0.6 is 11.6 Å². The average Bonchev–Trinajstić information content (AvgIpc) is 2.73. The van der Waals surface area contributed by atoms with Crippen LogP contribution in [0.25, 0.3) is 0 Å². The summed E-state index contributed by atoms with van der Waals surface area (Å²) in [4.78, 5) is 16.9. The minimum absolute atomic E-state index is 0.0681. The molecular formula is C23H29ClN2O2. The molecule has 1 aliphatic heterocycles. The van der Waals surface area contributed by atoms with Gasteiger partial charge < -0.3 is 14.5 Å². The van der Waals surface area contributed by atoms with Crippen molar-refractivity contribution in [2.45, 2.75) is 19.3 Å². The highest BCUT2D eigenvalue weighted by Crippen LogP contribution is 2.20. The standard InChI is InChI=1S/C23H29ClN2O2/c1-25(23(27)20-5-7-21(24)8-6-20)17-19-12-15-26(16-13-19)14-11-18-3-9-22(28-2)10-4-18/h3-10,19H,11-17H2,1-2H3. The van der Waals surface area contributed by atoms with Crippen molar-refractivity contribution in [1.29, 1.82) is 0 Å². The van der Waals surface area contributed by atoms with Crippen molar-refractivity contribution in [3.8, 4) is 5.75 Å². The fourth-order valence-electron chi connectivity index (χ4n) is 3.76. The van der Waals surface area contributed by atoms with Gasteiger partial charge >= 0.3 is 0 Å². The van der Waals surface area contributed by atoms with Crippen LogP contribution in [0.4, 0.5) is 0 Å². The van der Waals surface area contributed by atoms with E-state index >= 15 is 0 Å². The number of piperidine rings is 1. The van der Waals surface area contributed by atoms with Gasteiger partial charge in [0.1, 0.15) is 5.75 Å². The minimum atomic E-state index is 0.0681. The maximum absolute atomic E-state index is 12.6. The van der Waals surface area contributed by atoms with Crippen LogP contribution in [-0.2, 0) is 6.42 Å². The van der Waals surface area contributed by atoms with Gasteiger partial charge in [0.2, 0.25) is 0 Å². The van der Waals surface area contributed by atoms with Gasteiger partial charge in [0.05, 0.1) is 7.11 Å². The molecule has 3 rings (SSSR count). The lowest BCUT2D eigenvalue weighted by atomic mass is 9.95. The number of carbonyl (C=O) groups is 1. The summed E-state index contributed by atoms with van der Waals surface area (Å²) in [5.41, 5.74) is 2.04. The summed E-state index contributed by atoms with van der Waals surface area (Å²) in [6.45, 7) is 4.10. The average molecular weight is 401 g/mol. The molecule has 1 saturated heterocycles. The molecule has 0 atom stereocenters. The minimum Gasteiger partial charge on any atom is -0.497 e. The van der Waals surface area contributed by atoms with Gasteiger partial charge in [-0.2, -0.15) is 0 Å². The lowest BCUT2D eigenvalue weighted by molar-refractivity contribution is 0.0740. The first-order chi connectivity index (χ1) is 13.5. The first kappa shape index (κ1) is 20.7. The summed E-state index contributed by atoms with van der Waals surface area (Å²) in [6.07, 6.45) is 3.34. The fraction of sp³-hybridized carbons (Fsp3) is 0.435. The van der Waals surface area contributed by atoms with E-state index in [0.717, 1.165) is 51.2 Å². The SMILES string of the molecule is COc1ccc(CCN2CCC(CN(C)C(=O)c3ccc(Cl)cc3)CC2)cc1. The number of hydrogen-bond donors (Lipinski definition) is 0. The third-order valence-corrected chi connectivity index (χ3v) is 5.80. The molecule has 28 heavy (non-hydrogen) atoms. The first-order valence-electron chi connectivity index (χ1n) is 9.91. The van der Waals surface area contributed by atoms with Crippen molar-refractivity contribution in [1.82, 2.24) is 9.80 Å². The summed E-state index contributed by atoms with van der Waals surface area (Å²) >= 11 is 5.91. The molecule has 0 unspecified atom stereocenters.